The number of hydrazone groups is 1. The third kappa shape index (κ3) is 4.19. The summed E-state index contributed by atoms with van der Waals surface area (Å²) in [5, 5.41) is 6.47. The molecule has 1 unspecified atom stereocenters. The van der Waals surface area contributed by atoms with E-state index in [1.54, 1.807) is 19.2 Å². The van der Waals surface area contributed by atoms with Crippen molar-refractivity contribution in [2.24, 2.45) is 5.10 Å². The van der Waals surface area contributed by atoms with E-state index in [0.29, 0.717) is 18.7 Å². The molecular formula is C24H29N3O3. The number of hydrogen-bond acceptors (Lipinski definition) is 5. The molecule has 0 bridgehead atoms. The van der Waals surface area contributed by atoms with Gasteiger partial charge in [0.1, 0.15) is 11.5 Å². The largest absolute Gasteiger partial charge is 0.497 e. The quantitative estimate of drug-likeness (QED) is 0.731. The van der Waals surface area contributed by atoms with E-state index in [9.17, 15) is 4.79 Å². The Morgan fingerprint density at radius 2 is 1.90 bits per heavy atom. The summed E-state index contributed by atoms with van der Waals surface area (Å²) in [5.41, 5.74) is 4.11. The van der Waals surface area contributed by atoms with Gasteiger partial charge in [0.25, 0.3) is 5.91 Å². The summed E-state index contributed by atoms with van der Waals surface area (Å²) in [6, 6.07) is 13.8. The van der Waals surface area contributed by atoms with Crippen LogP contribution in [0.25, 0.3) is 0 Å². The molecule has 0 saturated carbocycles. The van der Waals surface area contributed by atoms with E-state index in [1.807, 2.05) is 24.3 Å². The molecule has 30 heavy (non-hydrogen) atoms. The van der Waals surface area contributed by atoms with Crippen molar-refractivity contribution >= 4 is 11.6 Å². The van der Waals surface area contributed by atoms with Crippen LogP contribution in [0.1, 0.15) is 42.0 Å². The Morgan fingerprint density at radius 1 is 1.10 bits per heavy atom. The van der Waals surface area contributed by atoms with Crippen LogP contribution < -0.4 is 9.47 Å². The molecule has 1 atom stereocenters. The molecule has 4 rings (SSSR count). The van der Waals surface area contributed by atoms with Crippen LogP contribution in [0.3, 0.4) is 0 Å². The molecule has 2 aromatic rings. The lowest BCUT2D eigenvalue weighted by Crippen LogP contribution is -2.37. The van der Waals surface area contributed by atoms with Gasteiger partial charge in [0.15, 0.2) is 0 Å². The van der Waals surface area contributed by atoms with Crippen molar-refractivity contribution in [3.8, 4) is 11.5 Å². The number of aryl methyl sites for hydroxylation is 1. The van der Waals surface area contributed by atoms with Crippen LogP contribution in [0.15, 0.2) is 47.6 Å². The first-order valence-corrected chi connectivity index (χ1v) is 10.5. The van der Waals surface area contributed by atoms with Gasteiger partial charge >= 0.3 is 0 Å². The Hall–Kier alpha value is -2.86. The second kappa shape index (κ2) is 8.88. The van der Waals surface area contributed by atoms with Gasteiger partial charge in [-0.15, -0.1) is 0 Å². The molecule has 2 heterocycles. The highest BCUT2D eigenvalue weighted by Crippen LogP contribution is 2.39. The molecule has 6 nitrogen and oxygen atoms in total. The van der Waals surface area contributed by atoms with Crippen molar-refractivity contribution in [1.82, 2.24) is 9.91 Å². The van der Waals surface area contributed by atoms with E-state index in [1.165, 1.54) is 5.56 Å². The average Bonchev–Trinajstić information content (AvgIpc) is 3.43. The second-order valence-corrected chi connectivity index (χ2v) is 7.97. The van der Waals surface area contributed by atoms with Gasteiger partial charge < -0.3 is 9.47 Å². The smallest absolute Gasteiger partial charge is 0.257 e. The molecule has 1 amide bonds. The van der Waals surface area contributed by atoms with Gasteiger partial charge in [-0.2, -0.15) is 5.10 Å². The molecule has 158 valence electrons. The van der Waals surface area contributed by atoms with Crippen molar-refractivity contribution in [2.75, 3.05) is 33.9 Å². The first kappa shape index (κ1) is 20.4. The molecule has 0 N–H and O–H groups in total. The van der Waals surface area contributed by atoms with Crippen molar-refractivity contribution < 1.29 is 14.3 Å². The Kier molecular flexibility index (Phi) is 6.04. The van der Waals surface area contributed by atoms with Crippen LogP contribution in [0.5, 0.6) is 11.5 Å². The van der Waals surface area contributed by atoms with Gasteiger partial charge in [0, 0.05) is 18.1 Å². The zero-order chi connectivity index (χ0) is 21.1. The fourth-order valence-corrected chi connectivity index (χ4v) is 4.28. The summed E-state index contributed by atoms with van der Waals surface area (Å²) < 4.78 is 11.0. The molecule has 2 aromatic carbocycles. The molecule has 1 fully saturated rings. The number of likely N-dealkylation sites (tertiary alicyclic amines) is 1. The monoisotopic (exact) mass is 407 g/mol. The number of benzene rings is 2. The number of methoxy groups -OCH3 is 2. The minimum Gasteiger partial charge on any atom is -0.497 e. The van der Waals surface area contributed by atoms with Crippen LogP contribution >= 0.6 is 0 Å². The zero-order valence-corrected chi connectivity index (χ0v) is 17.9. The first-order chi connectivity index (χ1) is 14.6. The second-order valence-electron chi connectivity index (χ2n) is 7.97. The molecule has 0 aromatic heterocycles. The maximum absolute atomic E-state index is 13.3. The number of rotatable bonds is 6. The predicted octanol–water partition coefficient (Wildman–Crippen LogP) is 3.79. The van der Waals surface area contributed by atoms with Gasteiger partial charge in [0.2, 0.25) is 0 Å². The molecular weight excluding hydrogens is 378 g/mol. The van der Waals surface area contributed by atoms with E-state index < -0.39 is 0 Å². The lowest BCUT2D eigenvalue weighted by Gasteiger charge is -2.25. The highest BCUT2D eigenvalue weighted by molar-refractivity contribution is 6.03. The Morgan fingerprint density at radius 3 is 2.60 bits per heavy atom. The third-order valence-electron chi connectivity index (χ3n) is 5.87. The average molecular weight is 408 g/mol. The third-order valence-corrected chi connectivity index (χ3v) is 5.87. The molecule has 1 saturated heterocycles. The summed E-state index contributed by atoms with van der Waals surface area (Å²) >= 11 is 0. The molecule has 2 aliphatic heterocycles. The minimum atomic E-state index is -0.198. The summed E-state index contributed by atoms with van der Waals surface area (Å²) in [5.74, 6) is 1.46. The summed E-state index contributed by atoms with van der Waals surface area (Å²) in [6.07, 6.45) is 2.96. The Balaban J connectivity index is 1.68. The number of carbonyl (C=O) groups excluding carboxylic acids is 1. The maximum atomic E-state index is 13.3. The van der Waals surface area contributed by atoms with Crippen LogP contribution in [0.4, 0.5) is 0 Å². The number of nitrogens with zero attached hydrogens (tertiary/aromatic N) is 3. The van der Waals surface area contributed by atoms with Crippen LogP contribution in [0.2, 0.25) is 0 Å². The van der Waals surface area contributed by atoms with Crippen LogP contribution in [-0.4, -0.2) is 55.4 Å². The molecule has 0 aliphatic carbocycles. The van der Waals surface area contributed by atoms with E-state index >= 15 is 0 Å². The van der Waals surface area contributed by atoms with Gasteiger partial charge in [-0.1, -0.05) is 29.8 Å². The topological polar surface area (TPSA) is 54.4 Å². The summed E-state index contributed by atoms with van der Waals surface area (Å²) in [7, 11) is 3.28. The molecule has 2 aliphatic rings. The van der Waals surface area contributed by atoms with Crippen LogP contribution in [-0.2, 0) is 4.79 Å². The molecule has 0 radical (unpaired) electrons. The lowest BCUT2D eigenvalue weighted by molar-refractivity contribution is -0.134. The van der Waals surface area contributed by atoms with Crippen molar-refractivity contribution in [3.63, 3.8) is 0 Å². The highest BCUT2D eigenvalue weighted by atomic mass is 16.5. The maximum Gasteiger partial charge on any atom is 0.257 e. The minimum absolute atomic E-state index is 0.0300. The van der Waals surface area contributed by atoms with Gasteiger partial charge in [-0.25, -0.2) is 5.01 Å². The summed E-state index contributed by atoms with van der Waals surface area (Å²) in [4.78, 5) is 15.5. The number of hydrogen-bond donors (Lipinski definition) is 0. The van der Waals surface area contributed by atoms with Crippen molar-refractivity contribution in [3.05, 3.63) is 59.2 Å². The summed E-state index contributed by atoms with van der Waals surface area (Å²) in [6.45, 7) is 4.42. The van der Waals surface area contributed by atoms with E-state index in [2.05, 4.69) is 30.0 Å². The van der Waals surface area contributed by atoms with E-state index in [-0.39, 0.29) is 11.9 Å². The number of carbonyl (C=O) groups is 1. The van der Waals surface area contributed by atoms with E-state index in [4.69, 9.17) is 14.6 Å². The van der Waals surface area contributed by atoms with Crippen LogP contribution in [0, 0.1) is 6.92 Å². The van der Waals surface area contributed by atoms with Gasteiger partial charge in [0.05, 0.1) is 32.5 Å². The highest BCUT2D eigenvalue weighted by Gasteiger charge is 2.35. The zero-order valence-electron chi connectivity index (χ0n) is 17.9. The Bertz CT molecular complexity index is 950. The fraction of sp³-hybridized carbons (Fsp3) is 0.417. The van der Waals surface area contributed by atoms with Crippen molar-refractivity contribution in [2.45, 2.75) is 32.2 Å². The Labute approximate surface area is 178 Å². The van der Waals surface area contributed by atoms with Gasteiger partial charge in [-0.05, 0) is 50.6 Å². The fourth-order valence-electron chi connectivity index (χ4n) is 4.28. The van der Waals surface area contributed by atoms with Crippen molar-refractivity contribution in [1.29, 1.82) is 0 Å². The SMILES string of the molecule is COc1ccc(C2CC(c3cccc(C)c3)=NN2C(=O)CN2CCCC2)c(OC)c1. The van der Waals surface area contributed by atoms with Gasteiger partial charge in [-0.3, -0.25) is 9.69 Å². The van der Waals surface area contributed by atoms with E-state index in [0.717, 1.165) is 48.5 Å². The standard InChI is InChI=1S/C24H29N3O3/c1-17-7-6-8-18(13-17)21-15-22(20-10-9-19(29-2)14-23(20)30-3)27(25-21)24(28)16-26-11-4-5-12-26/h6-10,13-14,22H,4-5,11-12,15-16H2,1-3H3. The number of amides is 1. The predicted molar refractivity (Wildman–Crippen MR) is 117 cm³/mol. The molecule has 0 spiro atoms. The first-order valence-electron chi connectivity index (χ1n) is 10.5. The molecule has 6 heteroatoms. The normalized spacial score (nSPS) is 19.1. The lowest BCUT2D eigenvalue weighted by atomic mass is 9.97. The number of ether oxygens (including phenoxy) is 2.